The topological polar surface area (TPSA) is 39.4 Å². The number of methoxy groups -OCH3 is 1. The van der Waals surface area contributed by atoms with E-state index in [1.165, 1.54) is 0 Å². The van der Waals surface area contributed by atoms with E-state index in [-0.39, 0.29) is 0 Å². The third kappa shape index (κ3) is 0.920. The lowest BCUT2D eigenvalue weighted by molar-refractivity contribution is 0.380. The standard InChI is InChI=1S/C7H7N3O/c1-11-7-8-6-4-2-3-5-10(6)9-7/h2-5H,1H3. The molecule has 2 rings (SSSR count). The van der Waals surface area contributed by atoms with Crippen molar-refractivity contribution in [3.8, 4) is 6.01 Å². The zero-order chi connectivity index (χ0) is 7.68. The first-order chi connectivity index (χ1) is 5.40. The van der Waals surface area contributed by atoms with Crippen LogP contribution in [0.3, 0.4) is 0 Å². The maximum Gasteiger partial charge on any atom is 0.336 e. The van der Waals surface area contributed by atoms with E-state index >= 15 is 0 Å². The summed E-state index contributed by atoms with van der Waals surface area (Å²) >= 11 is 0. The van der Waals surface area contributed by atoms with Crippen molar-refractivity contribution >= 4 is 5.65 Å². The number of aromatic nitrogens is 3. The van der Waals surface area contributed by atoms with Crippen LogP contribution in [0, 0.1) is 0 Å². The van der Waals surface area contributed by atoms with Gasteiger partial charge in [-0.15, -0.1) is 5.10 Å². The predicted octanol–water partition coefficient (Wildman–Crippen LogP) is 0.738. The van der Waals surface area contributed by atoms with Crippen molar-refractivity contribution in [1.82, 2.24) is 14.6 Å². The summed E-state index contributed by atoms with van der Waals surface area (Å²) in [5.41, 5.74) is 0.796. The van der Waals surface area contributed by atoms with Gasteiger partial charge in [-0.1, -0.05) is 6.07 Å². The van der Waals surface area contributed by atoms with Crippen LogP contribution in [0.1, 0.15) is 0 Å². The van der Waals surface area contributed by atoms with E-state index in [2.05, 4.69) is 10.1 Å². The van der Waals surface area contributed by atoms with Gasteiger partial charge in [0.2, 0.25) is 0 Å². The molecule has 0 radical (unpaired) electrons. The Morgan fingerprint density at radius 3 is 3.09 bits per heavy atom. The first kappa shape index (κ1) is 6.15. The second kappa shape index (κ2) is 2.23. The van der Waals surface area contributed by atoms with E-state index in [9.17, 15) is 0 Å². The Kier molecular flexibility index (Phi) is 1.25. The summed E-state index contributed by atoms with van der Waals surface area (Å²) in [6, 6.07) is 6.07. The molecule has 0 saturated heterocycles. The van der Waals surface area contributed by atoms with Gasteiger partial charge in [-0.05, 0) is 12.1 Å². The van der Waals surface area contributed by atoms with E-state index in [1.54, 1.807) is 11.6 Å². The molecule has 2 aromatic heterocycles. The maximum atomic E-state index is 4.86. The minimum atomic E-state index is 0.399. The van der Waals surface area contributed by atoms with Crippen molar-refractivity contribution in [1.29, 1.82) is 0 Å². The third-order valence-electron chi connectivity index (χ3n) is 1.40. The molecule has 0 aliphatic rings. The average Bonchev–Trinajstić information content (AvgIpc) is 2.46. The molecule has 2 aromatic rings. The van der Waals surface area contributed by atoms with E-state index in [0.717, 1.165) is 5.65 Å². The maximum absolute atomic E-state index is 4.86. The van der Waals surface area contributed by atoms with Crippen molar-refractivity contribution in [2.75, 3.05) is 7.11 Å². The number of rotatable bonds is 1. The van der Waals surface area contributed by atoms with Gasteiger partial charge in [0.15, 0.2) is 5.65 Å². The van der Waals surface area contributed by atoms with Crippen LogP contribution in [0.15, 0.2) is 24.4 Å². The second-order valence-corrected chi connectivity index (χ2v) is 2.10. The average molecular weight is 149 g/mol. The van der Waals surface area contributed by atoms with Gasteiger partial charge in [0.25, 0.3) is 0 Å². The number of hydrogen-bond donors (Lipinski definition) is 0. The monoisotopic (exact) mass is 149 g/mol. The van der Waals surface area contributed by atoms with Gasteiger partial charge in [0.1, 0.15) is 0 Å². The fraction of sp³-hybridized carbons (Fsp3) is 0.143. The highest BCUT2D eigenvalue weighted by Gasteiger charge is 1.99. The Labute approximate surface area is 63.4 Å². The lowest BCUT2D eigenvalue weighted by Gasteiger charge is -1.85. The van der Waals surface area contributed by atoms with Crippen molar-refractivity contribution < 1.29 is 4.74 Å². The zero-order valence-electron chi connectivity index (χ0n) is 6.06. The van der Waals surface area contributed by atoms with Crippen molar-refractivity contribution in [3.05, 3.63) is 24.4 Å². The summed E-state index contributed by atoms with van der Waals surface area (Å²) in [4.78, 5) is 4.06. The van der Waals surface area contributed by atoms with Gasteiger partial charge in [0, 0.05) is 6.20 Å². The molecule has 0 N–H and O–H groups in total. The smallest absolute Gasteiger partial charge is 0.336 e. The molecule has 0 fully saturated rings. The van der Waals surface area contributed by atoms with Gasteiger partial charge in [0.05, 0.1) is 7.11 Å². The summed E-state index contributed by atoms with van der Waals surface area (Å²) < 4.78 is 6.52. The third-order valence-corrected chi connectivity index (χ3v) is 1.40. The van der Waals surface area contributed by atoms with Gasteiger partial charge < -0.3 is 4.74 Å². The van der Waals surface area contributed by atoms with E-state index in [0.29, 0.717) is 6.01 Å². The molecule has 0 atom stereocenters. The molecule has 0 unspecified atom stereocenters. The van der Waals surface area contributed by atoms with Crippen LogP contribution in [-0.4, -0.2) is 21.7 Å². The lowest BCUT2D eigenvalue weighted by Crippen LogP contribution is -1.86. The molecule has 0 aliphatic heterocycles. The second-order valence-electron chi connectivity index (χ2n) is 2.10. The molecule has 11 heavy (non-hydrogen) atoms. The Balaban J connectivity index is 2.69. The van der Waals surface area contributed by atoms with Crippen LogP contribution in [0.4, 0.5) is 0 Å². The van der Waals surface area contributed by atoms with Gasteiger partial charge in [-0.25, -0.2) is 4.52 Å². The summed E-state index contributed by atoms with van der Waals surface area (Å²) in [6.45, 7) is 0. The van der Waals surface area contributed by atoms with Crippen LogP contribution < -0.4 is 4.74 Å². The van der Waals surface area contributed by atoms with Crippen LogP contribution in [0.5, 0.6) is 6.01 Å². The van der Waals surface area contributed by atoms with Crippen molar-refractivity contribution in [2.45, 2.75) is 0 Å². The molecule has 56 valence electrons. The Morgan fingerprint density at radius 2 is 2.36 bits per heavy atom. The number of ether oxygens (including phenoxy) is 1. The molecular formula is C7H7N3O. The number of nitrogens with zero attached hydrogens (tertiary/aromatic N) is 3. The Morgan fingerprint density at radius 1 is 1.45 bits per heavy atom. The minimum absolute atomic E-state index is 0.399. The molecule has 2 heterocycles. The summed E-state index contributed by atoms with van der Waals surface area (Å²) in [6.07, 6.45) is 1.82. The predicted molar refractivity (Wildman–Crippen MR) is 39.5 cm³/mol. The first-order valence-corrected chi connectivity index (χ1v) is 3.25. The Hall–Kier alpha value is -1.58. The SMILES string of the molecule is COc1nc2ccccn2n1. The summed E-state index contributed by atoms with van der Waals surface area (Å²) in [5.74, 6) is 0. The first-order valence-electron chi connectivity index (χ1n) is 3.25. The molecule has 4 nitrogen and oxygen atoms in total. The van der Waals surface area contributed by atoms with E-state index < -0.39 is 0 Å². The van der Waals surface area contributed by atoms with Gasteiger partial charge >= 0.3 is 6.01 Å². The molecule has 4 heteroatoms. The largest absolute Gasteiger partial charge is 0.466 e. The summed E-state index contributed by atoms with van der Waals surface area (Å²) in [7, 11) is 1.55. The number of pyridine rings is 1. The molecule has 0 saturated carbocycles. The lowest BCUT2D eigenvalue weighted by atomic mass is 10.5. The Bertz CT molecular complexity index is 335. The fourth-order valence-electron chi connectivity index (χ4n) is 0.898. The van der Waals surface area contributed by atoms with Crippen LogP contribution in [0.2, 0.25) is 0 Å². The van der Waals surface area contributed by atoms with E-state index in [4.69, 9.17) is 4.74 Å². The van der Waals surface area contributed by atoms with Crippen molar-refractivity contribution in [3.63, 3.8) is 0 Å². The van der Waals surface area contributed by atoms with Crippen LogP contribution >= 0.6 is 0 Å². The summed E-state index contributed by atoms with van der Waals surface area (Å²) in [5, 5.41) is 4.01. The van der Waals surface area contributed by atoms with Crippen LogP contribution in [-0.2, 0) is 0 Å². The molecular weight excluding hydrogens is 142 g/mol. The van der Waals surface area contributed by atoms with E-state index in [1.807, 2.05) is 24.4 Å². The fourth-order valence-corrected chi connectivity index (χ4v) is 0.898. The normalized spacial score (nSPS) is 10.3. The molecule has 0 aromatic carbocycles. The molecule has 0 aliphatic carbocycles. The minimum Gasteiger partial charge on any atom is -0.466 e. The number of fused-ring (bicyclic) bond motifs is 1. The highest BCUT2D eigenvalue weighted by atomic mass is 16.5. The highest BCUT2D eigenvalue weighted by Crippen LogP contribution is 2.04. The molecule has 0 bridgehead atoms. The molecule has 0 amide bonds. The quantitative estimate of drug-likeness (QED) is 0.600. The zero-order valence-corrected chi connectivity index (χ0v) is 6.06. The van der Waals surface area contributed by atoms with Gasteiger partial charge in [-0.2, -0.15) is 4.98 Å². The van der Waals surface area contributed by atoms with Crippen LogP contribution in [0.25, 0.3) is 5.65 Å². The molecule has 0 spiro atoms. The van der Waals surface area contributed by atoms with Crippen molar-refractivity contribution in [2.24, 2.45) is 0 Å². The highest BCUT2D eigenvalue weighted by molar-refractivity contribution is 5.37. The van der Waals surface area contributed by atoms with Gasteiger partial charge in [-0.3, -0.25) is 0 Å². The number of hydrogen-bond acceptors (Lipinski definition) is 3.